The molecular formula is C14H22ClN3. The van der Waals surface area contributed by atoms with Gasteiger partial charge in [-0.1, -0.05) is 24.6 Å². The Morgan fingerprint density at radius 1 is 1.39 bits per heavy atom. The quantitative estimate of drug-likeness (QED) is 0.912. The van der Waals surface area contributed by atoms with Gasteiger partial charge in [-0.15, -0.1) is 0 Å². The highest BCUT2D eigenvalue weighted by molar-refractivity contribution is 6.31. The van der Waals surface area contributed by atoms with Crippen LogP contribution in [0, 0.1) is 0 Å². The highest BCUT2D eigenvalue weighted by atomic mass is 35.5. The van der Waals surface area contributed by atoms with E-state index in [1.54, 1.807) is 0 Å². The Bertz CT molecular complexity index is 408. The molecule has 3 nitrogen and oxygen atoms in total. The molecule has 18 heavy (non-hydrogen) atoms. The van der Waals surface area contributed by atoms with Crippen LogP contribution in [-0.2, 0) is 6.54 Å². The lowest BCUT2D eigenvalue weighted by atomic mass is 10.1. The second-order valence-corrected chi connectivity index (χ2v) is 5.27. The number of benzene rings is 1. The Hall–Kier alpha value is -0.770. The van der Waals surface area contributed by atoms with E-state index >= 15 is 0 Å². The highest BCUT2D eigenvalue weighted by Crippen LogP contribution is 2.28. The molecule has 1 saturated heterocycles. The molecule has 100 valence electrons. The smallest absolute Gasteiger partial charge is 0.0471 e. The number of likely N-dealkylation sites (N-methyl/N-ethyl adjacent to an activating group) is 1. The number of hydrogen-bond donors (Lipinski definition) is 1. The van der Waals surface area contributed by atoms with Crippen LogP contribution in [-0.4, -0.2) is 37.1 Å². The van der Waals surface area contributed by atoms with Crippen molar-refractivity contribution in [3.63, 3.8) is 0 Å². The lowest BCUT2D eigenvalue weighted by Gasteiger charge is -2.41. The van der Waals surface area contributed by atoms with Crippen molar-refractivity contribution in [1.29, 1.82) is 0 Å². The molecule has 0 aromatic heterocycles. The van der Waals surface area contributed by atoms with Crippen LogP contribution in [0.1, 0.15) is 19.4 Å². The van der Waals surface area contributed by atoms with E-state index in [0.29, 0.717) is 12.6 Å². The van der Waals surface area contributed by atoms with Gasteiger partial charge in [0, 0.05) is 48.5 Å². The monoisotopic (exact) mass is 267 g/mol. The van der Waals surface area contributed by atoms with E-state index in [1.807, 2.05) is 12.1 Å². The van der Waals surface area contributed by atoms with Gasteiger partial charge in [0.05, 0.1) is 0 Å². The van der Waals surface area contributed by atoms with Crippen LogP contribution in [0.15, 0.2) is 18.2 Å². The average Bonchev–Trinajstić information content (AvgIpc) is 2.38. The Kier molecular flexibility index (Phi) is 4.49. The molecule has 1 atom stereocenters. The number of nitrogens with two attached hydrogens (primary N) is 1. The standard InChI is InChI=1S/C14H22ClN3/c1-3-17-7-8-18(10-11(17)2)14-6-4-5-13(15)12(14)9-16/h4-6,11H,3,7-10,16H2,1-2H3. The molecule has 0 aliphatic carbocycles. The molecule has 1 aliphatic heterocycles. The molecule has 0 amide bonds. The summed E-state index contributed by atoms with van der Waals surface area (Å²) in [5.41, 5.74) is 8.09. The van der Waals surface area contributed by atoms with Crippen LogP contribution in [0.2, 0.25) is 5.02 Å². The first-order valence-corrected chi connectivity index (χ1v) is 7.01. The van der Waals surface area contributed by atoms with Gasteiger partial charge >= 0.3 is 0 Å². The van der Waals surface area contributed by atoms with Gasteiger partial charge in [-0.2, -0.15) is 0 Å². The highest BCUT2D eigenvalue weighted by Gasteiger charge is 2.24. The fourth-order valence-electron chi connectivity index (χ4n) is 2.73. The van der Waals surface area contributed by atoms with E-state index in [-0.39, 0.29) is 0 Å². The van der Waals surface area contributed by atoms with Crippen LogP contribution in [0.25, 0.3) is 0 Å². The lowest BCUT2D eigenvalue weighted by molar-refractivity contribution is 0.199. The SMILES string of the molecule is CCN1CCN(c2cccc(Cl)c2CN)CC1C. The zero-order valence-electron chi connectivity index (χ0n) is 11.2. The molecule has 2 N–H and O–H groups in total. The third-order valence-corrected chi connectivity index (χ3v) is 4.16. The normalized spacial score (nSPS) is 21.3. The summed E-state index contributed by atoms with van der Waals surface area (Å²) in [5, 5.41) is 0.778. The van der Waals surface area contributed by atoms with Gasteiger partial charge in [-0.3, -0.25) is 4.90 Å². The predicted octanol–water partition coefficient (Wildman–Crippen LogP) is 2.33. The summed E-state index contributed by atoms with van der Waals surface area (Å²) in [7, 11) is 0. The van der Waals surface area contributed by atoms with Gasteiger partial charge < -0.3 is 10.6 Å². The molecule has 0 saturated carbocycles. The van der Waals surface area contributed by atoms with Crippen LogP contribution in [0.3, 0.4) is 0 Å². The Balaban J connectivity index is 2.20. The molecule has 0 bridgehead atoms. The first kappa shape index (κ1) is 13.7. The number of nitrogens with zero attached hydrogens (tertiary/aromatic N) is 2. The van der Waals surface area contributed by atoms with Gasteiger partial charge in [0.2, 0.25) is 0 Å². The number of piperazine rings is 1. The average molecular weight is 268 g/mol. The minimum absolute atomic E-state index is 0.497. The first-order chi connectivity index (χ1) is 8.67. The van der Waals surface area contributed by atoms with E-state index in [1.165, 1.54) is 5.69 Å². The minimum atomic E-state index is 0.497. The molecule has 4 heteroatoms. The first-order valence-electron chi connectivity index (χ1n) is 6.63. The summed E-state index contributed by atoms with van der Waals surface area (Å²) in [6.07, 6.45) is 0. The van der Waals surface area contributed by atoms with Gasteiger partial charge in [0.25, 0.3) is 0 Å². The van der Waals surface area contributed by atoms with Crippen molar-refractivity contribution in [2.75, 3.05) is 31.1 Å². The van der Waals surface area contributed by atoms with Crippen molar-refractivity contribution in [2.24, 2.45) is 5.73 Å². The van der Waals surface area contributed by atoms with E-state index in [9.17, 15) is 0 Å². The maximum Gasteiger partial charge on any atom is 0.0471 e. The van der Waals surface area contributed by atoms with Gasteiger partial charge in [-0.25, -0.2) is 0 Å². The Labute approximate surface area is 115 Å². The molecule has 0 spiro atoms. The molecule has 1 aromatic rings. The van der Waals surface area contributed by atoms with Crippen LogP contribution in [0.5, 0.6) is 0 Å². The van der Waals surface area contributed by atoms with E-state index in [4.69, 9.17) is 17.3 Å². The second kappa shape index (κ2) is 5.91. The summed E-state index contributed by atoms with van der Waals surface area (Å²) in [5.74, 6) is 0. The molecule has 1 fully saturated rings. The lowest BCUT2D eigenvalue weighted by Crippen LogP contribution is -2.52. The zero-order chi connectivity index (χ0) is 13.1. The molecule has 0 radical (unpaired) electrons. The van der Waals surface area contributed by atoms with Crippen molar-refractivity contribution in [2.45, 2.75) is 26.4 Å². The van der Waals surface area contributed by atoms with Crippen molar-refractivity contribution in [1.82, 2.24) is 4.90 Å². The molecular weight excluding hydrogens is 246 g/mol. The van der Waals surface area contributed by atoms with Crippen LogP contribution in [0.4, 0.5) is 5.69 Å². The third-order valence-electron chi connectivity index (χ3n) is 3.81. The van der Waals surface area contributed by atoms with Crippen molar-refractivity contribution < 1.29 is 0 Å². The predicted molar refractivity (Wildman–Crippen MR) is 78.3 cm³/mol. The minimum Gasteiger partial charge on any atom is -0.368 e. The molecule has 1 aromatic carbocycles. The number of anilines is 1. The van der Waals surface area contributed by atoms with Crippen LogP contribution < -0.4 is 10.6 Å². The number of rotatable bonds is 3. The van der Waals surface area contributed by atoms with Crippen LogP contribution >= 0.6 is 11.6 Å². The zero-order valence-corrected chi connectivity index (χ0v) is 12.0. The summed E-state index contributed by atoms with van der Waals surface area (Å²) in [6, 6.07) is 6.63. The largest absolute Gasteiger partial charge is 0.368 e. The molecule has 2 rings (SSSR count). The van der Waals surface area contributed by atoms with E-state index < -0.39 is 0 Å². The maximum atomic E-state index is 6.22. The topological polar surface area (TPSA) is 32.5 Å². The second-order valence-electron chi connectivity index (χ2n) is 4.87. The Morgan fingerprint density at radius 3 is 2.78 bits per heavy atom. The molecule has 1 unspecified atom stereocenters. The van der Waals surface area contributed by atoms with Gasteiger partial charge in [-0.05, 0) is 25.6 Å². The molecule has 1 aliphatic rings. The summed E-state index contributed by atoms with van der Waals surface area (Å²) < 4.78 is 0. The van der Waals surface area contributed by atoms with E-state index in [0.717, 1.165) is 36.8 Å². The van der Waals surface area contributed by atoms with E-state index in [2.05, 4.69) is 29.7 Å². The molecule has 1 heterocycles. The fourth-order valence-corrected chi connectivity index (χ4v) is 2.98. The number of hydrogen-bond acceptors (Lipinski definition) is 3. The van der Waals surface area contributed by atoms with Gasteiger partial charge in [0.1, 0.15) is 0 Å². The maximum absolute atomic E-state index is 6.22. The Morgan fingerprint density at radius 2 is 2.17 bits per heavy atom. The third kappa shape index (κ3) is 2.63. The van der Waals surface area contributed by atoms with Crippen molar-refractivity contribution in [3.8, 4) is 0 Å². The van der Waals surface area contributed by atoms with Gasteiger partial charge in [0.15, 0.2) is 0 Å². The van der Waals surface area contributed by atoms with Crippen molar-refractivity contribution in [3.05, 3.63) is 28.8 Å². The fraction of sp³-hybridized carbons (Fsp3) is 0.571. The summed E-state index contributed by atoms with van der Waals surface area (Å²) in [6.45, 7) is 9.31. The summed E-state index contributed by atoms with van der Waals surface area (Å²) >= 11 is 6.22. The summed E-state index contributed by atoms with van der Waals surface area (Å²) in [4.78, 5) is 4.91. The number of halogens is 1. The van der Waals surface area contributed by atoms with Crippen molar-refractivity contribution >= 4 is 17.3 Å².